The third-order valence-corrected chi connectivity index (χ3v) is 8.16. The first-order valence-electron chi connectivity index (χ1n) is 15.1. The van der Waals surface area contributed by atoms with Crippen molar-refractivity contribution in [3.63, 3.8) is 0 Å². The predicted molar refractivity (Wildman–Crippen MR) is 188 cm³/mol. The van der Waals surface area contributed by atoms with E-state index in [0.29, 0.717) is 0 Å². The van der Waals surface area contributed by atoms with Gasteiger partial charge in [-0.25, -0.2) is 0 Å². The number of nitrogens with zero attached hydrogens (tertiary/aromatic N) is 1. The van der Waals surface area contributed by atoms with E-state index in [1.165, 1.54) is 50.1 Å². The zero-order valence-electron chi connectivity index (χ0n) is 24.8. The summed E-state index contributed by atoms with van der Waals surface area (Å²) in [5, 5.41) is 0. The standard InChI is InChI=1S/C43H33N/c1-32-17-30-42(43(31-32)37-15-9-4-10-16-37)38-22-28-41(29-23-38)44(39-24-18-35(19-25-39)33-11-5-2-6-12-33)40-26-20-36(21-27-40)34-13-7-3-8-14-34/h2-31H,1H3. The van der Waals surface area contributed by atoms with Crippen LogP contribution in [-0.2, 0) is 0 Å². The highest BCUT2D eigenvalue weighted by atomic mass is 15.1. The van der Waals surface area contributed by atoms with E-state index in [9.17, 15) is 0 Å². The second kappa shape index (κ2) is 12.3. The lowest BCUT2D eigenvalue weighted by Gasteiger charge is -2.26. The molecule has 0 atom stereocenters. The van der Waals surface area contributed by atoms with E-state index in [-0.39, 0.29) is 0 Å². The molecule has 0 amide bonds. The molecule has 0 N–H and O–H groups in total. The Balaban J connectivity index is 1.28. The highest BCUT2D eigenvalue weighted by molar-refractivity contribution is 5.86. The number of anilines is 3. The van der Waals surface area contributed by atoms with Crippen molar-refractivity contribution >= 4 is 17.1 Å². The van der Waals surface area contributed by atoms with Gasteiger partial charge in [-0.3, -0.25) is 0 Å². The lowest BCUT2D eigenvalue weighted by molar-refractivity contribution is 1.28. The fraction of sp³-hybridized carbons (Fsp3) is 0.0233. The van der Waals surface area contributed by atoms with Crippen LogP contribution in [-0.4, -0.2) is 0 Å². The Morgan fingerprint density at radius 3 is 1.07 bits per heavy atom. The first-order chi connectivity index (χ1) is 21.7. The number of benzene rings is 7. The van der Waals surface area contributed by atoms with Crippen molar-refractivity contribution in [2.45, 2.75) is 6.92 Å². The van der Waals surface area contributed by atoms with Crippen molar-refractivity contribution in [1.82, 2.24) is 0 Å². The van der Waals surface area contributed by atoms with Crippen LogP contribution in [0.15, 0.2) is 182 Å². The summed E-state index contributed by atoms with van der Waals surface area (Å²) in [5.74, 6) is 0. The van der Waals surface area contributed by atoms with Gasteiger partial charge in [0.05, 0.1) is 0 Å². The Morgan fingerprint density at radius 1 is 0.295 bits per heavy atom. The zero-order valence-corrected chi connectivity index (χ0v) is 24.8. The topological polar surface area (TPSA) is 3.24 Å². The average molecular weight is 564 g/mol. The lowest BCUT2D eigenvalue weighted by Crippen LogP contribution is -2.09. The molecule has 0 radical (unpaired) electrons. The van der Waals surface area contributed by atoms with Crippen LogP contribution < -0.4 is 4.90 Å². The van der Waals surface area contributed by atoms with Crippen LogP contribution >= 0.6 is 0 Å². The van der Waals surface area contributed by atoms with Crippen LogP contribution in [0, 0.1) is 6.92 Å². The summed E-state index contributed by atoms with van der Waals surface area (Å²) in [7, 11) is 0. The third-order valence-electron chi connectivity index (χ3n) is 8.16. The molecule has 0 fully saturated rings. The van der Waals surface area contributed by atoms with E-state index in [4.69, 9.17) is 0 Å². The van der Waals surface area contributed by atoms with Gasteiger partial charge >= 0.3 is 0 Å². The molecule has 0 spiro atoms. The minimum atomic E-state index is 1.11. The van der Waals surface area contributed by atoms with Gasteiger partial charge in [-0.05, 0) is 87.8 Å². The SMILES string of the molecule is Cc1ccc(-c2ccc(N(c3ccc(-c4ccccc4)cc3)c3ccc(-c4ccccc4)cc3)cc2)c(-c2ccccc2)c1. The Labute approximate surface area is 260 Å². The number of rotatable bonds is 7. The highest BCUT2D eigenvalue weighted by Crippen LogP contribution is 2.39. The summed E-state index contributed by atoms with van der Waals surface area (Å²) in [5.41, 5.74) is 14.4. The molecule has 7 rings (SSSR count). The van der Waals surface area contributed by atoms with Gasteiger partial charge in [-0.2, -0.15) is 0 Å². The van der Waals surface area contributed by atoms with Gasteiger partial charge < -0.3 is 4.90 Å². The molecule has 0 aromatic heterocycles. The smallest absolute Gasteiger partial charge is 0.0462 e. The Bertz CT molecular complexity index is 1880. The van der Waals surface area contributed by atoms with Gasteiger partial charge in [0.25, 0.3) is 0 Å². The van der Waals surface area contributed by atoms with Gasteiger partial charge in [-0.1, -0.05) is 151 Å². The highest BCUT2D eigenvalue weighted by Gasteiger charge is 2.15. The Kier molecular flexibility index (Phi) is 7.60. The maximum absolute atomic E-state index is 2.33. The molecule has 0 aliphatic rings. The van der Waals surface area contributed by atoms with Crippen molar-refractivity contribution in [3.8, 4) is 44.5 Å². The van der Waals surface area contributed by atoms with Gasteiger partial charge in [0.2, 0.25) is 0 Å². The molecule has 210 valence electrons. The maximum Gasteiger partial charge on any atom is 0.0462 e. The second-order valence-electron chi connectivity index (χ2n) is 11.1. The molecule has 0 bridgehead atoms. The molecule has 0 saturated heterocycles. The lowest BCUT2D eigenvalue weighted by atomic mass is 9.93. The van der Waals surface area contributed by atoms with Crippen molar-refractivity contribution in [2.75, 3.05) is 4.90 Å². The molecular formula is C43H33N. The molecule has 0 saturated carbocycles. The van der Waals surface area contributed by atoms with Crippen LogP contribution in [0.2, 0.25) is 0 Å². The summed E-state index contributed by atoms with van der Waals surface area (Å²) in [4.78, 5) is 2.33. The largest absolute Gasteiger partial charge is 0.311 e. The Morgan fingerprint density at radius 2 is 0.636 bits per heavy atom. The van der Waals surface area contributed by atoms with Crippen LogP contribution in [0.4, 0.5) is 17.1 Å². The van der Waals surface area contributed by atoms with Crippen molar-refractivity contribution < 1.29 is 0 Å². The first kappa shape index (κ1) is 27.2. The average Bonchev–Trinajstić information content (AvgIpc) is 3.10. The summed E-state index contributed by atoms with van der Waals surface area (Å²) < 4.78 is 0. The van der Waals surface area contributed by atoms with E-state index in [2.05, 4.69) is 194 Å². The van der Waals surface area contributed by atoms with Crippen LogP contribution in [0.1, 0.15) is 5.56 Å². The monoisotopic (exact) mass is 563 g/mol. The minimum Gasteiger partial charge on any atom is -0.311 e. The normalized spacial score (nSPS) is 10.8. The zero-order chi connectivity index (χ0) is 29.7. The fourth-order valence-electron chi connectivity index (χ4n) is 5.87. The predicted octanol–water partition coefficient (Wildman–Crippen LogP) is 12.1. The molecule has 7 aromatic carbocycles. The quantitative estimate of drug-likeness (QED) is 0.186. The first-order valence-corrected chi connectivity index (χ1v) is 15.1. The second-order valence-corrected chi connectivity index (χ2v) is 11.1. The molecule has 0 heterocycles. The minimum absolute atomic E-state index is 1.11. The summed E-state index contributed by atoms with van der Waals surface area (Å²) in [6.07, 6.45) is 0. The molecule has 44 heavy (non-hydrogen) atoms. The molecule has 1 nitrogen and oxygen atoms in total. The van der Waals surface area contributed by atoms with Gasteiger partial charge in [0, 0.05) is 17.1 Å². The van der Waals surface area contributed by atoms with Gasteiger partial charge in [0.1, 0.15) is 0 Å². The summed E-state index contributed by atoms with van der Waals surface area (Å²) in [6, 6.07) is 65.1. The van der Waals surface area contributed by atoms with Gasteiger partial charge in [-0.15, -0.1) is 0 Å². The molecule has 0 aliphatic heterocycles. The Hall–Kier alpha value is -5.66. The third kappa shape index (κ3) is 5.69. The van der Waals surface area contributed by atoms with Crippen LogP contribution in [0.5, 0.6) is 0 Å². The van der Waals surface area contributed by atoms with Crippen LogP contribution in [0.25, 0.3) is 44.5 Å². The molecule has 0 unspecified atom stereocenters. The van der Waals surface area contributed by atoms with E-state index in [1.807, 2.05) is 0 Å². The maximum atomic E-state index is 2.33. The van der Waals surface area contributed by atoms with Gasteiger partial charge in [0.15, 0.2) is 0 Å². The van der Waals surface area contributed by atoms with Crippen molar-refractivity contribution in [1.29, 1.82) is 0 Å². The summed E-state index contributed by atoms with van der Waals surface area (Å²) in [6.45, 7) is 2.16. The van der Waals surface area contributed by atoms with Crippen molar-refractivity contribution in [2.24, 2.45) is 0 Å². The van der Waals surface area contributed by atoms with E-state index < -0.39 is 0 Å². The molecule has 0 aliphatic carbocycles. The van der Waals surface area contributed by atoms with Crippen molar-refractivity contribution in [3.05, 3.63) is 188 Å². The number of aryl methyl sites for hydroxylation is 1. The van der Waals surface area contributed by atoms with E-state index in [1.54, 1.807) is 0 Å². The van der Waals surface area contributed by atoms with E-state index in [0.717, 1.165) is 17.1 Å². The number of hydrogen-bond donors (Lipinski definition) is 0. The van der Waals surface area contributed by atoms with Crippen LogP contribution in [0.3, 0.4) is 0 Å². The molecule has 1 heteroatoms. The van der Waals surface area contributed by atoms with E-state index >= 15 is 0 Å². The summed E-state index contributed by atoms with van der Waals surface area (Å²) >= 11 is 0. The number of hydrogen-bond acceptors (Lipinski definition) is 1. The fourth-order valence-corrected chi connectivity index (χ4v) is 5.87. The molecular weight excluding hydrogens is 530 g/mol. The molecule has 7 aromatic rings.